The Morgan fingerprint density at radius 1 is 1.22 bits per heavy atom. The topological polar surface area (TPSA) is 104 Å². The Morgan fingerprint density at radius 2 is 1.81 bits per heavy atom. The van der Waals surface area contributed by atoms with Gasteiger partial charge in [0.2, 0.25) is 10.0 Å². The predicted octanol–water partition coefficient (Wildman–Crippen LogP) is 2.18. The van der Waals surface area contributed by atoms with Crippen molar-refractivity contribution in [1.82, 2.24) is 9.21 Å². The molecule has 1 aromatic carbocycles. The molecule has 1 atom stereocenters. The van der Waals surface area contributed by atoms with E-state index in [0.29, 0.717) is 10.6 Å². The summed E-state index contributed by atoms with van der Waals surface area (Å²) in [4.78, 5) is 25.1. The molecule has 27 heavy (non-hydrogen) atoms. The molecule has 1 heterocycles. The van der Waals surface area contributed by atoms with Crippen molar-refractivity contribution in [1.29, 1.82) is 0 Å². The van der Waals surface area contributed by atoms with E-state index < -0.39 is 33.7 Å². The quantitative estimate of drug-likeness (QED) is 0.803. The number of ether oxygens (including phenoxy) is 1. The highest BCUT2D eigenvalue weighted by Gasteiger charge is 2.41. The van der Waals surface area contributed by atoms with E-state index in [0.717, 1.165) is 4.31 Å². The second-order valence-corrected chi connectivity index (χ2v) is 9.63. The summed E-state index contributed by atoms with van der Waals surface area (Å²) in [6.07, 6.45) is -0.663. The maximum Gasteiger partial charge on any atom is 0.410 e. The number of carbonyl (C=O) groups is 2. The predicted molar refractivity (Wildman–Crippen MR) is 100 cm³/mol. The van der Waals surface area contributed by atoms with Gasteiger partial charge in [-0.3, -0.25) is 4.79 Å². The highest BCUT2D eigenvalue weighted by atomic mass is 35.5. The van der Waals surface area contributed by atoms with Gasteiger partial charge in [0.05, 0.1) is 12.3 Å². The molecule has 1 fully saturated rings. The normalized spacial score (nSPS) is 19.0. The first kappa shape index (κ1) is 21.5. The summed E-state index contributed by atoms with van der Waals surface area (Å²) in [5, 5.41) is 9.98. The molecule has 0 spiro atoms. The summed E-state index contributed by atoms with van der Waals surface area (Å²) in [7, 11) is -3.90. The van der Waals surface area contributed by atoms with E-state index in [1.807, 2.05) is 0 Å². The molecule has 0 unspecified atom stereocenters. The third-order valence-electron chi connectivity index (χ3n) is 3.89. The number of sulfonamides is 1. The van der Waals surface area contributed by atoms with Gasteiger partial charge in [0, 0.05) is 18.1 Å². The average molecular weight is 419 g/mol. The fraction of sp³-hybridized carbons (Fsp3) is 0.529. The molecular weight excluding hydrogens is 396 g/mol. The molecule has 1 aromatic rings. The van der Waals surface area contributed by atoms with Crippen LogP contribution < -0.4 is 0 Å². The summed E-state index contributed by atoms with van der Waals surface area (Å²) < 4.78 is 31.7. The minimum Gasteiger partial charge on any atom is -0.480 e. The fourth-order valence-corrected chi connectivity index (χ4v) is 4.48. The van der Waals surface area contributed by atoms with Gasteiger partial charge in [-0.25, -0.2) is 13.2 Å². The summed E-state index contributed by atoms with van der Waals surface area (Å²) in [5.74, 6) is -1.66. The summed E-state index contributed by atoms with van der Waals surface area (Å²) >= 11 is 5.80. The summed E-state index contributed by atoms with van der Waals surface area (Å²) in [6.45, 7) is 4.76. The van der Waals surface area contributed by atoms with Crippen LogP contribution in [0.4, 0.5) is 4.79 Å². The van der Waals surface area contributed by atoms with Gasteiger partial charge in [-0.2, -0.15) is 4.31 Å². The third kappa shape index (κ3) is 5.82. The van der Waals surface area contributed by atoms with Crippen LogP contribution >= 0.6 is 11.6 Å². The minimum atomic E-state index is -3.90. The van der Waals surface area contributed by atoms with Crippen LogP contribution in [0.1, 0.15) is 26.3 Å². The SMILES string of the molecule is CC(C)(C)OC(=O)N1CCN(S(=O)(=O)Cc2ccc(Cl)cc2)[C@@H](C(=O)O)C1. The van der Waals surface area contributed by atoms with Crippen LogP contribution in [0.3, 0.4) is 0 Å². The van der Waals surface area contributed by atoms with Crippen LogP contribution in [0.25, 0.3) is 0 Å². The van der Waals surface area contributed by atoms with Crippen LogP contribution in [-0.2, 0) is 25.3 Å². The average Bonchev–Trinajstić information content (AvgIpc) is 2.54. The molecule has 0 bridgehead atoms. The van der Waals surface area contributed by atoms with Crippen LogP contribution in [0.2, 0.25) is 5.02 Å². The lowest BCUT2D eigenvalue weighted by Crippen LogP contribution is -2.59. The molecule has 10 heteroatoms. The lowest BCUT2D eigenvalue weighted by Gasteiger charge is -2.38. The number of carbonyl (C=O) groups excluding carboxylic acids is 1. The fourth-order valence-electron chi connectivity index (χ4n) is 2.67. The molecule has 2 rings (SSSR count). The number of benzene rings is 1. The van der Waals surface area contributed by atoms with Crippen LogP contribution in [0.15, 0.2) is 24.3 Å². The molecule has 0 saturated carbocycles. The molecule has 0 radical (unpaired) electrons. The van der Waals surface area contributed by atoms with Crippen molar-refractivity contribution in [3.63, 3.8) is 0 Å². The molecule has 0 aliphatic carbocycles. The van der Waals surface area contributed by atoms with Gasteiger partial charge in [0.25, 0.3) is 0 Å². The molecule has 1 amide bonds. The van der Waals surface area contributed by atoms with Crippen molar-refractivity contribution in [2.45, 2.75) is 38.2 Å². The lowest BCUT2D eigenvalue weighted by molar-refractivity contribution is -0.143. The molecular formula is C17H23ClN2O6S. The highest BCUT2D eigenvalue weighted by molar-refractivity contribution is 7.88. The minimum absolute atomic E-state index is 0.0541. The van der Waals surface area contributed by atoms with Gasteiger partial charge >= 0.3 is 12.1 Å². The Balaban J connectivity index is 2.16. The van der Waals surface area contributed by atoms with Crippen LogP contribution in [0, 0.1) is 0 Å². The Morgan fingerprint density at radius 3 is 2.33 bits per heavy atom. The van der Waals surface area contributed by atoms with Crippen molar-refractivity contribution < 1.29 is 27.9 Å². The molecule has 0 aromatic heterocycles. The molecule has 1 aliphatic rings. The van der Waals surface area contributed by atoms with Gasteiger partial charge in [-0.05, 0) is 38.5 Å². The monoisotopic (exact) mass is 418 g/mol. The zero-order valence-electron chi connectivity index (χ0n) is 15.4. The molecule has 1 aliphatic heterocycles. The van der Waals surface area contributed by atoms with Gasteiger partial charge < -0.3 is 14.7 Å². The molecule has 1 saturated heterocycles. The van der Waals surface area contributed by atoms with E-state index in [1.54, 1.807) is 45.0 Å². The van der Waals surface area contributed by atoms with Gasteiger partial charge in [0.1, 0.15) is 11.6 Å². The Hall–Kier alpha value is -1.84. The zero-order valence-corrected chi connectivity index (χ0v) is 17.0. The maximum absolute atomic E-state index is 12.8. The Bertz CT molecular complexity index is 804. The molecule has 8 nitrogen and oxygen atoms in total. The maximum atomic E-state index is 12.8. The molecule has 1 N–H and O–H groups in total. The van der Waals surface area contributed by atoms with E-state index >= 15 is 0 Å². The zero-order chi connectivity index (χ0) is 20.4. The summed E-state index contributed by atoms with van der Waals surface area (Å²) in [6, 6.07) is 4.92. The van der Waals surface area contributed by atoms with Gasteiger partial charge in [-0.1, -0.05) is 23.7 Å². The number of rotatable bonds is 4. The van der Waals surface area contributed by atoms with Crippen molar-refractivity contribution in [3.05, 3.63) is 34.9 Å². The van der Waals surface area contributed by atoms with E-state index in [2.05, 4.69) is 0 Å². The number of amides is 1. The number of hydrogen-bond donors (Lipinski definition) is 1. The van der Waals surface area contributed by atoms with Crippen molar-refractivity contribution in [2.75, 3.05) is 19.6 Å². The van der Waals surface area contributed by atoms with Crippen molar-refractivity contribution in [2.24, 2.45) is 0 Å². The number of nitrogens with zero attached hydrogens (tertiary/aromatic N) is 2. The number of carboxylic acids is 1. The number of hydrogen-bond acceptors (Lipinski definition) is 5. The molecule has 150 valence electrons. The van der Waals surface area contributed by atoms with Crippen LogP contribution in [0.5, 0.6) is 0 Å². The van der Waals surface area contributed by atoms with Crippen molar-refractivity contribution in [3.8, 4) is 0 Å². The number of piperazine rings is 1. The number of carboxylic acid groups (broad SMARTS) is 1. The number of aliphatic carboxylic acids is 1. The standard InChI is InChI=1S/C17H23ClN2O6S/c1-17(2,3)26-16(23)19-8-9-20(14(10-19)15(21)22)27(24,25)11-12-4-6-13(18)7-5-12/h4-7,14H,8-11H2,1-3H3,(H,21,22)/t14-/m1/s1. The first-order valence-corrected chi connectivity index (χ1v) is 10.3. The number of halogens is 1. The second-order valence-electron chi connectivity index (χ2n) is 7.27. The second kappa shape index (κ2) is 8.04. The Kier molecular flexibility index (Phi) is 6.39. The van der Waals surface area contributed by atoms with Crippen molar-refractivity contribution >= 4 is 33.7 Å². The van der Waals surface area contributed by atoms with Gasteiger partial charge in [0.15, 0.2) is 0 Å². The largest absolute Gasteiger partial charge is 0.480 e. The first-order chi connectivity index (χ1) is 12.4. The lowest BCUT2D eigenvalue weighted by atomic mass is 10.2. The third-order valence-corrected chi connectivity index (χ3v) is 5.99. The first-order valence-electron chi connectivity index (χ1n) is 8.34. The van der Waals surface area contributed by atoms with E-state index in [-0.39, 0.29) is 25.4 Å². The van der Waals surface area contributed by atoms with E-state index in [9.17, 15) is 23.1 Å². The highest BCUT2D eigenvalue weighted by Crippen LogP contribution is 2.21. The van der Waals surface area contributed by atoms with E-state index in [1.165, 1.54) is 4.90 Å². The van der Waals surface area contributed by atoms with Crippen LogP contribution in [-0.4, -0.2) is 66.1 Å². The smallest absolute Gasteiger partial charge is 0.410 e. The Labute approximate surface area is 163 Å². The van der Waals surface area contributed by atoms with Gasteiger partial charge in [-0.15, -0.1) is 0 Å². The summed E-state index contributed by atoms with van der Waals surface area (Å²) in [5.41, 5.74) is -0.230. The van der Waals surface area contributed by atoms with E-state index in [4.69, 9.17) is 16.3 Å².